The van der Waals surface area contributed by atoms with E-state index >= 15 is 0 Å². The molecule has 0 aromatic heterocycles. The summed E-state index contributed by atoms with van der Waals surface area (Å²) in [5, 5.41) is 13.9. The highest BCUT2D eigenvalue weighted by Crippen LogP contribution is 2.24. The molecule has 1 aliphatic rings. The van der Waals surface area contributed by atoms with E-state index in [2.05, 4.69) is 10.2 Å². The van der Waals surface area contributed by atoms with Crippen molar-refractivity contribution in [1.82, 2.24) is 4.90 Å². The van der Waals surface area contributed by atoms with Crippen LogP contribution in [0.5, 0.6) is 11.5 Å². The van der Waals surface area contributed by atoms with Gasteiger partial charge in [-0.2, -0.15) is 0 Å². The largest absolute Gasteiger partial charge is 0.493 e. The number of rotatable bonds is 9. The van der Waals surface area contributed by atoms with E-state index in [4.69, 9.17) is 21.1 Å². The van der Waals surface area contributed by atoms with Crippen LogP contribution in [0.25, 0.3) is 0 Å². The molecule has 3 rings (SSSR count). The summed E-state index contributed by atoms with van der Waals surface area (Å²) in [5.41, 5.74) is 0.606. The molecule has 162 valence electrons. The van der Waals surface area contributed by atoms with Gasteiger partial charge in [-0.25, -0.2) is 0 Å². The van der Waals surface area contributed by atoms with Gasteiger partial charge < -0.3 is 24.8 Å². The minimum Gasteiger partial charge on any atom is -0.493 e. The molecule has 2 atom stereocenters. The van der Waals surface area contributed by atoms with Crippen LogP contribution in [0.15, 0.2) is 48.5 Å². The Morgan fingerprint density at radius 2 is 2.00 bits per heavy atom. The Balaban J connectivity index is 1.43. The van der Waals surface area contributed by atoms with Crippen LogP contribution in [0.1, 0.15) is 19.8 Å². The monoisotopic (exact) mass is 432 g/mol. The lowest BCUT2D eigenvalue weighted by Gasteiger charge is -2.33. The number of carbonyl (C=O) groups excluding carboxylic acids is 1. The van der Waals surface area contributed by atoms with Gasteiger partial charge in [0.1, 0.15) is 24.2 Å². The first-order chi connectivity index (χ1) is 14.5. The summed E-state index contributed by atoms with van der Waals surface area (Å²) in [7, 11) is 0. The molecule has 0 aliphatic carbocycles. The first-order valence-corrected chi connectivity index (χ1v) is 10.7. The van der Waals surface area contributed by atoms with Gasteiger partial charge in [0.15, 0.2) is 0 Å². The predicted molar refractivity (Wildman–Crippen MR) is 118 cm³/mol. The standard InChI is InChI=1S/C23H29ClN2O4/c1-17(27)25-22-6-2-3-7-23(22)30-16-20(28)14-26-12-4-5-18(13-26)15-29-21-10-8-19(24)9-11-21/h2-3,6-11,18,20,28H,4-5,12-16H2,1H3,(H,25,27). The molecule has 1 amide bonds. The molecular formula is C23H29ClN2O4. The third kappa shape index (κ3) is 7.20. The molecule has 1 heterocycles. The van der Waals surface area contributed by atoms with Crippen molar-refractivity contribution in [3.8, 4) is 11.5 Å². The molecule has 2 aromatic carbocycles. The molecule has 2 N–H and O–H groups in total. The second-order valence-electron chi connectivity index (χ2n) is 7.67. The summed E-state index contributed by atoms with van der Waals surface area (Å²) in [6.45, 7) is 4.65. The van der Waals surface area contributed by atoms with Crippen LogP contribution in [-0.2, 0) is 4.79 Å². The number of carbonyl (C=O) groups is 1. The zero-order valence-electron chi connectivity index (χ0n) is 17.2. The van der Waals surface area contributed by atoms with Gasteiger partial charge in [-0.1, -0.05) is 23.7 Å². The van der Waals surface area contributed by atoms with Crippen molar-refractivity contribution in [3.63, 3.8) is 0 Å². The lowest BCUT2D eigenvalue weighted by atomic mass is 9.98. The fourth-order valence-corrected chi connectivity index (χ4v) is 3.75. The molecule has 2 aromatic rings. The average Bonchev–Trinajstić information content (AvgIpc) is 2.73. The number of aliphatic hydroxyl groups is 1. The van der Waals surface area contributed by atoms with Gasteiger partial charge in [0, 0.05) is 31.0 Å². The van der Waals surface area contributed by atoms with Crippen LogP contribution in [-0.4, -0.2) is 54.9 Å². The van der Waals surface area contributed by atoms with Gasteiger partial charge in [-0.05, 0) is 55.8 Å². The second-order valence-corrected chi connectivity index (χ2v) is 8.11. The Kier molecular flexibility index (Phi) is 8.37. The number of amides is 1. The van der Waals surface area contributed by atoms with Crippen molar-refractivity contribution in [3.05, 3.63) is 53.6 Å². The van der Waals surface area contributed by atoms with Gasteiger partial charge in [0.25, 0.3) is 0 Å². The average molecular weight is 433 g/mol. The van der Waals surface area contributed by atoms with Gasteiger partial charge in [-0.15, -0.1) is 0 Å². The highest BCUT2D eigenvalue weighted by Gasteiger charge is 2.22. The number of benzene rings is 2. The van der Waals surface area contributed by atoms with E-state index in [1.54, 1.807) is 12.1 Å². The molecule has 1 fully saturated rings. The molecule has 0 bridgehead atoms. The van der Waals surface area contributed by atoms with Crippen LogP contribution in [0.3, 0.4) is 0 Å². The van der Waals surface area contributed by atoms with Crippen LogP contribution in [0.4, 0.5) is 5.69 Å². The third-order valence-electron chi connectivity index (χ3n) is 5.00. The summed E-state index contributed by atoms with van der Waals surface area (Å²) in [6.07, 6.45) is 1.57. The third-order valence-corrected chi connectivity index (χ3v) is 5.25. The number of nitrogens with one attached hydrogen (secondary N) is 1. The van der Waals surface area contributed by atoms with E-state index in [1.165, 1.54) is 6.92 Å². The number of β-amino-alcohol motifs (C(OH)–C–C–N with tert-alkyl or cyclic N) is 1. The second kappa shape index (κ2) is 11.2. The fourth-order valence-electron chi connectivity index (χ4n) is 3.62. The zero-order chi connectivity index (χ0) is 21.3. The highest BCUT2D eigenvalue weighted by atomic mass is 35.5. The fraction of sp³-hybridized carbons (Fsp3) is 0.435. The molecular weight excluding hydrogens is 404 g/mol. The Bertz CT molecular complexity index is 815. The number of hydrogen-bond acceptors (Lipinski definition) is 5. The normalized spacial score (nSPS) is 17.9. The van der Waals surface area contributed by atoms with E-state index in [9.17, 15) is 9.90 Å². The van der Waals surface area contributed by atoms with Gasteiger partial charge in [-0.3, -0.25) is 4.79 Å². The molecule has 30 heavy (non-hydrogen) atoms. The molecule has 0 spiro atoms. The Hall–Kier alpha value is -2.28. The number of para-hydroxylation sites is 2. The van der Waals surface area contributed by atoms with E-state index < -0.39 is 6.10 Å². The molecule has 6 nitrogen and oxygen atoms in total. The lowest BCUT2D eigenvalue weighted by Crippen LogP contribution is -2.43. The number of hydrogen-bond donors (Lipinski definition) is 2. The summed E-state index contributed by atoms with van der Waals surface area (Å²) >= 11 is 5.91. The molecule has 2 unspecified atom stereocenters. The first-order valence-electron chi connectivity index (χ1n) is 10.3. The van der Waals surface area contributed by atoms with Crippen LogP contribution >= 0.6 is 11.6 Å². The summed E-state index contributed by atoms with van der Waals surface area (Å²) in [5.74, 6) is 1.64. The van der Waals surface area contributed by atoms with Crippen molar-refractivity contribution < 1.29 is 19.4 Å². The predicted octanol–water partition coefficient (Wildman–Crippen LogP) is 3.83. The number of nitrogens with zero attached hydrogens (tertiary/aromatic N) is 1. The Morgan fingerprint density at radius 1 is 1.23 bits per heavy atom. The number of aliphatic hydroxyl groups excluding tert-OH is 1. The summed E-state index contributed by atoms with van der Waals surface area (Å²) in [4.78, 5) is 13.6. The van der Waals surface area contributed by atoms with E-state index in [1.807, 2.05) is 36.4 Å². The first kappa shape index (κ1) is 22.4. The van der Waals surface area contributed by atoms with Crippen LogP contribution in [0.2, 0.25) is 5.02 Å². The maximum Gasteiger partial charge on any atom is 0.221 e. The lowest BCUT2D eigenvalue weighted by molar-refractivity contribution is -0.114. The topological polar surface area (TPSA) is 71.0 Å². The summed E-state index contributed by atoms with van der Waals surface area (Å²) in [6, 6.07) is 14.6. The van der Waals surface area contributed by atoms with E-state index in [0.717, 1.165) is 31.7 Å². The van der Waals surface area contributed by atoms with Crippen molar-refractivity contribution in [2.75, 3.05) is 38.2 Å². The van der Waals surface area contributed by atoms with Crippen LogP contribution in [0, 0.1) is 5.92 Å². The quantitative estimate of drug-likeness (QED) is 0.630. The number of likely N-dealkylation sites (tertiary alicyclic amines) is 1. The maximum atomic E-state index is 11.3. The minimum atomic E-state index is -0.619. The van der Waals surface area contributed by atoms with Gasteiger partial charge in [0.2, 0.25) is 5.91 Å². The Morgan fingerprint density at radius 3 is 2.77 bits per heavy atom. The smallest absolute Gasteiger partial charge is 0.221 e. The van der Waals surface area contributed by atoms with Crippen LogP contribution < -0.4 is 14.8 Å². The highest BCUT2D eigenvalue weighted by molar-refractivity contribution is 6.30. The van der Waals surface area contributed by atoms with E-state index in [-0.39, 0.29) is 12.5 Å². The molecule has 7 heteroatoms. The van der Waals surface area contributed by atoms with Crippen molar-refractivity contribution in [2.45, 2.75) is 25.9 Å². The number of ether oxygens (including phenoxy) is 2. The molecule has 0 radical (unpaired) electrons. The SMILES string of the molecule is CC(=O)Nc1ccccc1OCC(O)CN1CCCC(COc2ccc(Cl)cc2)C1. The maximum absolute atomic E-state index is 11.3. The molecule has 0 saturated carbocycles. The molecule has 1 aliphatic heterocycles. The van der Waals surface area contributed by atoms with Crippen molar-refractivity contribution >= 4 is 23.2 Å². The van der Waals surface area contributed by atoms with Crippen molar-refractivity contribution in [2.24, 2.45) is 5.92 Å². The zero-order valence-corrected chi connectivity index (χ0v) is 18.0. The molecule has 1 saturated heterocycles. The van der Waals surface area contributed by atoms with E-state index in [0.29, 0.717) is 35.5 Å². The van der Waals surface area contributed by atoms with Crippen molar-refractivity contribution in [1.29, 1.82) is 0 Å². The Labute approximate surface area is 182 Å². The minimum absolute atomic E-state index is 0.160. The number of halogens is 1. The summed E-state index contributed by atoms with van der Waals surface area (Å²) < 4.78 is 11.7. The van der Waals surface area contributed by atoms with Gasteiger partial charge >= 0.3 is 0 Å². The number of piperidine rings is 1. The number of anilines is 1. The van der Waals surface area contributed by atoms with Gasteiger partial charge in [0.05, 0.1) is 12.3 Å².